The highest BCUT2D eigenvalue weighted by Crippen LogP contribution is 2.37. The van der Waals surface area contributed by atoms with Crippen LogP contribution >= 0.6 is 0 Å². The van der Waals surface area contributed by atoms with Crippen LogP contribution in [0.25, 0.3) is 0 Å². The molecule has 130 valence electrons. The fourth-order valence-corrected chi connectivity index (χ4v) is 2.38. The molecular weight excluding hydrogens is 300 g/mol. The molecule has 24 heavy (non-hydrogen) atoms. The topological polar surface area (TPSA) is 57.5 Å². The summed E-state index contributed by atoms with van der Waals surface area (Å²) < 4.78 is 0. The number of ketones is 1. The maximum Gasteiger partial charge on any atom is 0.138 e. The number of carbonyl (C=O) groups excluding carboxylic acids is 1. The number of Topliss-reactive ketones (excluding diaryl/α,β-unsaturated/α-hetero) is 1. The second-order valence-electron chi connectivity index (χ2n) is 6.61. The predicted molar refractivity (Wildman–Crippen MR) is 98.0 cm³/mol. The largest absolute Gasteiger partial charge is 0.508 e. The molecule has 0 aliphatic heterocycles. The highest BCUT2D eigenvalue weighted by atomic mass is 16.3. The van der Waals surface area contributed by atoms with Crippen LogP contribution in [0.2, 0.25) is 0 Å². The van der Waals surface area contributed by atoms with E-state index in [0.29, 0.717) is 23.2 Å². The first-order valence-corrected chi connectivity index (χ1v) is 8.35. The van der Waals surface area contributed by atoms with E-state index in [4.69, 9.17) is 10.2 Å². The predicted octanol–water partition coefficient (Wildman–Crippen LogP) is 5.19. The summed E-state index contributed by atoms with van der Waals surface area (Å²) in [5, 5.41) is 17.3. The third kappa shape index (κ3) is 6.86. The van der Waals surface area contributed by atoms with Crippen molar-refractivity contribution < 1.29 is 15.0 Å². The molecule has 0 spiro atoms. The van der Waals surface area contributed by atoms with E-state index >= 15 is 0 Å². The molecule has 1 unspecified atom stereocenters. The van der Waals surface area contributed by atoms with E-state index in [1.54, 1.807) is 48.5 Å². The molecule has 3 rings (SSSR count). The maximum atomic E-state index is 11.3. The van der Waals surface area contributed by atoms with Gasteiger partial charge in [-0.15, -0.1) is 0 Å². The summed E-state index contributed by atoms with van der Waals surface area (Å²) in [7, 11) is 0. The van der Waals surface area contributed by atoms with Crippen LogP contribution in [-0.4, -0.2) is 16.0 Å². The third-order valence-corrected chi connectivity index (χ3v) is 4.50. The van der Waals surface area contributed by atoms with Gasteiger partial charge in [0.1, 0.15) is 17.3 Å². The zero-order valence-electron chi connectivity index (χ0n) is 14.8. The van der Waals surface area contributed by atoms with Crippen LogP contribution in [0.4, 0.5) is 0 Å². The Morgan fingerprint density at radius 1 is 0.875 bits per heavy atom. The van der Waals surface area contributed by atoms with Crippen LogP contribution < -0.4 is 0 Å². The average molecular weight is 328 g/mol. The highest BCUT2D eigenvalue weighted by molar-refractivity contribution is 5.84. The zero-order chi connectivity index (χ0) is 18.0. The highest BCUT2D eigenvalue weighted by Gasteiger charge is 2.35. The van der Waals surface area contributed by atoms with Crippen molar-refractivity contribution in [3.8, 4) is 11.5 Å². The van der Waals surface area contributed by atoms with Crippen molar-refractivity contribution in [2.75, 3.05) is 0 Å². The summed E-state index contributed by atoms with van der Waals surface area (Å²) >= 11 is 0. The lowest BCUT2D eigenvalue weighted by molar-refractivity contribution is -0.132. The summed E-state index contributed by atoms with van der Waals surface area (Å²) in [6.07, 6.45) is 3.12. The molecule has 2 N–H and O–H groups in total. The Labute approximate surface area is 145 Å². The Bertz CT molecular complexity index is 553. The summed E-state index contributed by atoms with van der Waals surface area (Å²) in [5.41, 5.74) is -0.0434. The number of carbonyl (C=O) groups is 1. The minimum atomic E-state index is -0.0434. The number of para-hydroxylation sites is 2. The van der Waals surface area contributed by atoms with Crippen LogP contribution in [-0.2, 0) is 4.79 Å². The van der Waals surface area contributed by atoms with Crippen molar-refractivity contribution in [3.63, 3.8) is 0 Å². The Morgan fingerprint density at radius 3 is 1.54 bits per heavy atom. The second kappa shape index (κ2) is 9.76. The van der Waals surface area contributed by atoms with Gasteiger partial charge in [-0.2, -0.15) is 0 Å². The standard InChI is InChI=1S/C9H16O.2C6H6O/c1-7-5-4-6-8(10)9(7,2)3;2*7-6-4-2-1-3-5-6/h7H,4-6H2,1-3H3;2*1-5,7H. The Kier molecular flexibility index (Phi) is 8.03. The number of hydrogen-bond acceptors (Lipinski definition) is 3. The molecule has 0 bridgehead atoms. The van der Waals surface area contributed by atoms with Gasteiger partial charge >= 0.3 is 0 Å². The third-order valence-electron chi connectivity index (χ3n) is 4.50. The molecular formula is C21H28O3. The first kappa shape index (κ1) is 19.8. The van der Waals surface area contributed by atoms with E-state index in [9.17, 15) is 4.79 Å². The number of rotatable bonds is 0. The van der Waals surface area contributed by atoms with Crippen molar-refractivity contribution in [1.29, 1.82) is 0 Å². The van der Waals surface area contributed by atoms with Crippen molar-refractivity contribution in [2.24, 2.45) is 11.3 Å². The van der Waals surface area contributed by atoms with Gasteiger partial charge in [-0.1, -0.05) is 57.2 Å². The molecule has 3 nitrogen and oxygen atoms in total. The molecule has 3 heteroatoms. The Hall–Kier alpha value is -2.29. The van der Waals surface area contributed by atoms with Gasteiger partial charge in [-0.3, -0.25) is 4.79 Å². The first-order chi connectivity index (χ1) is 11.3. The van der Waals surface area contributed by atoms with Crippen molar-refractivity contribution >= 4 is 5.78 Å². The van der Waals surface area contributed by atoms with E-state index in [0.717, 1.165) is 12.8 Å². The van der Waals surface area contributed by atoms with E-state index in [-0.39, 0.29) is 5.41 Å². The number of phenols is 2. The lowest BCUT2D eigenvalue weighted by Crippen LogP contribution is -2.34. The van der Waals surface area contributed by atoms with Gasteiger partial charge in [0.25, 0.3) is 0 Å². The smallest absolute Gasteiger partial charge is 0.138 e. The zero-order valence-corrected chi connectivity index (χ0v) is 14.8. The Morgan fingerprint density at radius 2 is 1.29 bits per heavy atom. The van der Waals surface area contributed by atoms with Gasteiger partial charge in [-0.25, -0.2) is 0 Å². The number of phenolic OH excluding ortho intramolecular Hbond substituents is 2. The van der Waals surface area contributed by atoms with Gasteiger partial charge in [-0.05, 0) is 43.0 Å². The molecule has 1 atom stereocenters. The molecule has 2 aromatic carbocycles. The van der Waals surface area contributed by atoms with Gasteiger partial charge in [0.05, 0.1) is 0 Å². The fraction of sp³-hybridized carbons (Fsp3) is 0.381. The monoisotopic (exact) mass is 328 g/mol. The number of hydrogen-bond donors (Lipinski definition) is 2. The molecule has 2 aromatic rings. The summed E-state index contributed by atoms with van der Waals surface area (Å²) in [6, 6.07) is 17.4. The molecule has 0 heterocycles. The van der Waals surface area contributed by atoms with Gasteiger partial charge < -0.3 is 10.2 Å². The van der Waals surface area contributed by atoms with Crippen LogP contribution in [0.1, 0.15) is 40.0 Å². The molecule has 1 aliphatic rings. The van der Waals surface area contributed by atoms with E-state index in [1.165, 1.54) is 6.42 Å². The van der Waals surface area contributed by atoms with Crippen molar-refractivity contribution in [1.82, 2.24) is 0 Å². The second-order valence-corrected chi connectivity index (χ2v) is 6.61. The van der Waals surface area contributed by atoms with Crippen LogP contribution in [0.15, 0.2) is 60.7 Å². The lowest BCUT2D eigenvalue weighted by atomic mass is 9.69. The molecule has 0 saturated heterocycles. The quantitative estimate of drug-likeness (QED) is 0.700. The molecule has 0 amide bonds. The van der Waals surface area contributed by atoms with E-state index < -0.39 is 0 Å². The molecule has 0 radical (unpaired) electrons. The van der Waals surface area contributed by atoms with E-state index in [2.05, 4.69) is 20.8 Å². The SMILES string of the molecule is CC1CCCC(=O)C1(C)C.Oc1ccccc1.Oc1ccccc1. The molecule has 1 saturated carbocycles. The minimum absolute atomic E-state index is 0.0434. The van der Waals surface area contributed by atoms with Crippen molar-refractivity contribution in [2.45, 2.75) is 40.0 Å². The number of aromatic hydroxyl groups is 2. The molecule has 1 aliphatic carbocycles. The normalized spacial score (nSPS) is 18.5. The van der Waals surface area contributed by atoms with Gasteiger partial charge in [0.2, 0.25) is 0 Å². The molecule has 1 fully saturated rings. The first-order valence-electron chi connectivity index (χ1n) is 8.35. The van der Waals surface area contributed by atoms with Crippen LogP contribution in [0.5, 0.6) is 11.5 Å². The Balaban J connectivity index is 0.000000185. The summed E-state index contributed by atoms with van der Waals surface area (Å²) in [6.45, 7) is 6.31. The van der Waals surface area contributed by atoms with Gasteiger partial charge in [0.15, 0.2) is 0 Å². The van der Waals surface area contributed by atoms with Crippen LogP contribution in [0.3, 0.4) is 0 Å². The lowest BCUT2D eigenvalue weighted by Gasteiger charge is -2.34. The summed E-state index contributed by atoms with van der Waals surface area (Å²) in [4.78, 5) is 11.3. The molecule has 0 aromatic heterocycles. The van der Waals surface area contributed by atoms with Gasteiger partial charge in [0, 0.05) is 11.8 Å². The number of benzene rings is 2. The fourth-order valence-electron chi connectivity index (χ4n) is 2.38. The van der Waals surface area contributed by atoms with Crippen LogP contribution in [0, 0.1) is 11.3 Å². The van der Waals surface area contributed by atoms with E-state index in [1.807, 2.05) is 12.1 Å². The maximum absolute atomic E-state index is 11.3. The van der Waals surface area contributed by atoms with Crippen molar-refractivity contribution in [3.05, 3.63) is 60.7 Å². The summed E-state index contributed by atoms with van der Waals surface area (Å²) in [5.74, 6) is 1.67. The minimum Gasteiger partial charge on any atom is -0.508 e. The average Bonchev–Trinajstić information content (AvgIpc) is 2.56.